The van der Waals surface area contributed by atoms with Gasteiger partial charge in [0, 0.05) is 49.7 Å². The molecule has 0 saturated carbocycles. The molecule has 0 atom stereocenters. The molecule has 0 aliphatic heterocycles. The standard InChI is InChI=1S/C63H42N2O/c1-63(2)55-21-11-9-18-48(55)49-32-30-46(38-56(49)63)64(44-27-24-40(25-28-44)41-26-33-58-53(34-41)50-19-10-12-22-57(50)65(58)43-16-7-4-8-17-43)45-29-31-47-52(37-45)51-20-13-23-59-61(51)62-54(47)35-42(36-60(62)66-59)39-14-5-3-6-15-39/h3-38H,1-2H3. The van der Waals surface area contributed by atoms with E-state index in [2.05, 4.69) is 242 Å². The van der Waals surface area contributed by atoms with E-state index in [0.717, 1.165) is 39.5 Å². The molecule has 2 aromatic heterocycles. The summed E-state index contributed by atoms with van der Waals surface area (Å²) >= 11 is 0. The molecule has 0 saturated heterocycles. The van der Waals surface area contributed by atoms with Crippen LogP contribution in [0.2, 0.25) is 0 Å². The monoisotopic (exact) mass is 842 g/mol. The zero-order valence-corrected chi connectivity index (χ0v) is 36.6. The Kier molecular flexibility index (Phi) is 7.74. The van der Waals surface area contributed by atoms with Crippen LogP contribution in [0.1, 0.15) is 25.0 Å². The van der Waals surface area contributed by atoms with Crippen LogP contribution in [0, 0.1) is 0 Å². The first kappa shape index (κ1) is 37.0. The van der Waals surface area contributed by atoms with Gasteiger partial charge in [-0.25, -0.2) is 0 Å². The van der Waals surface area contributed by atoms with E-state index in [9.17, 15) is 0 Å². The third kappa shape index (κ3) is 5.31. The number of para-hydroxylation sites is 2. The number of fused-ring (bicyclic) bond motifs is 9. The molecule has 0 radical (unpaired) electrons. The summed E-state index contributed by atoms with van der Waals surface area (Å²) in [5.41, 5.74) is 18.7. The van der Waals surface area contributed by atoms with Crippen molar-refractivity contribution >= 4 is 82.4 Å². The molecule has 0 fully saturated rings. The molecule has 2 heterocycles. The lowest BCUT2D eigenvalue weighted by molar-refractivity contribution is 0.660. The maximum Gasteiger partial charge on any atom is 0.136 e. The van der Waals surface area contributed by atoms with Crippen molar-refractivity contribution in [3.63, 3.8) is 0 Å². The number of rotatable bonds is 6. The van der Waals surface area contributed by atoms with Gasteiger partial charge in [0.1, 0.15) is 11.2 Å². The van der Waals surface area contributed by atoms with Crippen molar-refractivity contribution < 1.29 is 4.42 Å². The Morgan fingerprint density at radius 1 is 0.364 bits per heavy atom. The second-order valence-corrected chi connectivity index (χ2v) is 18.5. The molecule has 0 amide bonds. The van der Waals surface area contributed by atoms with E-state index < -0.39 is 0 Å². The molecule has 0 bridgehead atoms. The predicted octanol–water partition coefficient (Wildman–Crippen LogP) is 17.5. The van der Waals surface area contributed by atoms with Crippen molar-refractivity contribution in [2.45, 2.75) is 19.3 Å². The summed E-state index contributed by atoms with van der Waals surface area (Å²) < 4.78 is 9.03. The van der Waals surface area contributed by atoms with Gasteiger partial charge in [-0.3, -0.25) is 0 Å². The van der Waals surface area contributed by atoms with Crippen LogP contribution < -0.4 is 4.90 Å². The first-order valence-corrected chi connectivity index (χ1v) is 22.9. The van der Waals surface area contributed by atoms with E-state index >= 15 is 0 Å². The van der Waals surface area contributed by atoms with Crippen molar-refractivity contribution in [2.75, 3.05) is 4.90 Å². The normalized spacial score (nSPS) is 13.1. The third-order valence-corrected chi connectivity index (χ3v) is 14.5. The number of nitrogens with zero attached hydrogens (tertiary/aromatic N) is 2. The summed E-state index contributed by atoms with van der Waals surface area (Å²) in [7, 11) is 0. The van der Waals surface area contributed by atoms with E-state index in [1.165, 1.54) is 93.1 Å². The Labute approximate surface area is 382 Å². The smallest absolute Gasteiger partial charge is 0.136 e. The second kappa shape index (κ2) is 13.8. The number of benzene rings is 11. The quantitative estimate of drug-likeness (QED) is 0.156. The summed E-state index contributed by atoms with van der Waals surface area (Å²) in [6.07, 6.45) is 0. The molecule has 310 valence electrons. The van der Waals surface area contributed by atoms with Crippen LogP contribution in [-0.4, -0.2) is 4.57 Å². The van der Waals surface area contributed by atoms with Gasteiger partial charge in [-0.1, -0.05) is 147 Å². The molecule has 1 aliphatic rings. The number of hydrogen-bond donors (Lipinski definition) is 0. The fourth-order valence-corrected chi connectivity index (χ4v) is 11.4. The van der Waals surface area contributed by atoms with Gasteiger partial charge in [-0.05, 0) is 151 Å². The van der Waals surface area contributed by atoms with Crippen LogP contribution in [0.15, 0.2) is 223 Å². The zero-order chi connectivity index (χ0) is 43.7. The van der Waals surface area contributed by atoms with Crippen molar-refractivity contribution in [3.8, 4) is 39.1 Å². The van der Waals surface area contributed by atoms with Crippen molar-refractivity contribution in [1.29, 1.82) is 0 Å². The molecule has 3 heteroatoms. The average molecular weight is 843 g/mol. The minimum absolute atomic E-state index is 0.141. The van der Waals surface area contributed by atoms with Gasteiger partial charge >= 0.3 is 0 Å². The maximum atomic E-state index is 6.65. The lowest BCUT2D eigenvalue weighted by Crippen LogP contribution is -2.16. The third-order valence-electron chi connectivity index (χ3n) is 14.5. The van der Waals surface area contributed by atoms with Crippen LogP contribution in [0.4, 0.5) is 17.1 Å². The van der Waals surface area contributed by atoms with Crippen molar-refractivity contribution in [3.05, 3.63) is 230 Å². The Balaban J connectivity index is 0.949. The Bertz CT molecular complexity index is 4060. The summed E-state index contributed by atoms with van der Waals surface area (Å²) in [5.74, 6) is 0. The maximum absolute atomic E-state index is 6.65. The highest BCUT2D eigenvalue weighted by Gasteiger charge is 2.36. The highest BCUT2D eigenvalue weighted by molar-refractivity contribution is 6.33. The van der Waals surface area contributed by atoms with Crippen LogP contribution in [0.3, 0.4) is 0 Å². The molecule has 0 unspecified atom stereocenters. The second-order valence-electron chi connectivity index (χ2n) is 18.5. The minimum Gasteiger partial charge on any atom is -0.456 e. The Hall–Kier alpha value is -8.40. The van der Waals surface area contributed by atoms with Crippen molar-refractivity contribution in [2.24, 2.45) is 0 Å². The largest absolute Gasteiger partial charge is 0.456 e. The lowest BCUT2D eigenvalue weighted by Gasteiger charge is -2.28. The molecule has 0 spiro atoms. The Morgan fingerprint density at radius 3 is 1.86 bits per heavy atom. The predicted molar refractivity (Wildman–Crippen MR) is 277 cm³/mol. The minimum atomic E-state index is -0.141. The van der Waals surface area contributed by atoms with E-state index in [-0.39, 0.29) is 5.41 Å². The van der Waals surface area contributed by atoms with Gasteiger partial charge in [0.15, 0.2) is 0 Å². The van der Waals surface area contributed by atoms with Crippen LogP contribution >= 0.6 is 0 Å². The average Bonchev–Trinajstić information content (AvgIpc) is 3.99. The number of aromatic nitrogens is 1. The van der Waals surface area contributed by atoms with E-state index in [1.54, 1.807) is 0 Å². The SMILES string of the molecule is CC1(C)c2ccccc2-c2ccc(N(c3ccc(-c4ccc5c(c4)c4ccccc4n5-c4ccccc4)cc3)c3ccc4c(c3)c3cccc5oc6cc(-c7ccccc7)cc4c6c53)cc21. The van der Waals surface area contributed by atoms with Crippen LogP contribution in [-0.2, 0) is 5.41 Å². The topological polar surface area (TPSA) is 21.3 Å². The molecule has 13 aromatic rings. The summed E-state index contributed by atoms with van der Waals surface area (Å²) in [6, 6.07) is 80.2. The molecular formula is C63H42N2O. The van der Waals surface area contributed by atoms with E-state index in [1.807, 2.05) is 0 Å². The van der Waals surface area contributed by atoms with Gasteiger partial charge in [-0.15, -0.1) is 0 Å². The molecule has 3 nitrogen and oxygen atoms in total. The van der Waals surface area contributed by atoms with Gasteiger partial charge in [0.2, 0.25) is 0 Å². The lowest BCUT2D eigenvalue weighted by atomic mass is 9.82. The van der Waals surface area contributed by atoms with Gasteiger partial charge < -0.3 is 13.9 Å². The zero-order valence-electron chi connectivity index (χ0n) is 36.6. The molecule has 1 aliphatic carbocycles. The molecule has 0 N–H and O–H groups in total. The van der Waals surface area contributed by atoms with E-state index in [4.69, 9.17) is 4.42 Å². The fraction of sp³-hybridized carbons (Fsp3) is 0.0476. The molecule has 11 aromatic carbocycles. The number of furan rings is 1. The summed E-state index contributed by atoms with van der Waals surface area (Å²) in [6.45, 7) is 4.72. The first-order chi connectivity index (χ1) is 32.5. The van der Waals surface area contributed by atoms with Gasteiger partial charge in [0.05, 0.1) is 11.0 Å². The molecule has 14 rings (SSSR count). The van der Waals surface area contributed by atoms with Gasteiger partial charge in [0.25, 0.3) is 0 Å². The molecular weight excluding hydrogens is 801 g/mol. The first-order valence-electron chi connectivity index (χ1n) is 22.9. The van der Waals surface area contributed by atoms with Crippen LogP contribution in [0.25, 0.3) is 104 Å². The van der Waals surface area contributed by atoms with Crippen molar-refractivity contribution in [1.82, 2.24) is 4.57 Å². The highest BCUT2D eigenvalue weighted by atomic mass is 16.3. The Morgan fingerprint density at radius 2 is 1.00 bits per heavy atom. The fourth-order valence-electron chi connectivity index (χ4n) is 11.4. The summed E-state index contributed by atoms with van der Waals surface area (Å²) in [5, 5.41) is 9.70. The molecule has 66 heavy (non-hydrogen) atoms. The van der Waals surface area contributed by atoms with Gasteiger partial charge in [-0.2, -0.15) is 0 Å². The number of hydrogen-bond acceptors (Lipinski definition) is 2. The summed E-state index contributed by atoms with van der Waals surface area (Å²) in [4.78, 5) is 2.45. The highest BCUT2D eigenvalue weighted by Crippen LogP contribution is 2.52. The number of anilines is 3. The van der Waals surface area contributed by atoms with E-state index in [0.29, 0.717) is 0 Å². The van der Waals surface area contributed by atoms with Crippen LogP contribution in [0.5, 0.6) is 0 Å².